The van der Waals surface area contributed by atoms with Crippen LogP contribution in [0.15, 0.2) is 40.8 Å². The highest BCUT2D eigenvalue weighted by Crippen LogP contribution is 2.13. The zero-order valence-corrected chi connectivity index (χ0v) is 7.36. The number of rotatable bonds is 2. The first-order chi connectivity index (χ1) is 6.81. The Morgan fingerprint density at radius 2 is 2.21 bits per heavy atom. The van der Waals surface area contributed by atoms with Gasteiger partial charge in [-0.25, -0.2) is 0 Å². The van der Waals surface area contributed by atoms with Crippen LogP contribution in [0.1, 0.15) is 5.56 Å². The monoisotopic (exact) mass is 187 g/mol. The second kappa shape index (κ2) is 3.29. The molecule has 1 heterocycles. The summed E-state index contributed by atoms with van der Waals surface area (Å²) in [5.74, 6) is 0.253. The van der Waals surface area contributed by atoms with Crippen molar-refractivity contribution in [2.24, 2.45) is 16.1 Å². The molecular formula is C9H9N5. The number of benzene rings is 1. The number of nitrogens with zero attached hydrogens (tertiary/aromatic N) is 2. The summed E-state index contributed by atoms with van der Waals surface area (Å²) >= 11 is 0. The van der Waals surface area contributed by atoms with Crippen LogP contribution >= 0.6 is 0 Å². The molecule has 1 aromatic heterocycles. The number of hydrogen-bond acceptors (Lipinski definition) is 2. The lowest BCUT2D eigenvalue weighted by molar-refractivity contribution is 0.986. The molecule has 2 aromatic rings. The molecule has 0 bridgehead atoms. The molecule has 0 saturated heterocycles. The molecule has 0 aliphatic rings. The van der Waals surface area contributed by atoms with Crippen molar-refractivity contribution >= 4 is 16.7 Å². The van der Waals surface area contributed by atoms with Crippen LogP contribution in [0.3, 0.4) is 0 Å². The lowest BCUT2D eigenvalue weighted by Crippen LogP contribution is -2.12. The van der Waals surface area contributed by atoms with Gasteiger partial charge in [-0.15, -0.1) is 5.10 Å². The van der Waals surface area contributed by atoms with E-state index in [1.807, 2.05) is 30.5 Å². The summed E-state index contributed by atoms with van der Waals surface area (Å²) in [7, 11) is 0. The Bertz CT molecular complexity index is 497. The summed E-state index contributed by atoms with van der Waals surface area (Å²) in [5, 5.41) is 7.41. The third-order valence-corrected chi connectivity index (χ3v) is 2.01. The molecule has 70 valence electrons. The quantitative estimate of drug-likeness (QED) is 0.284. The lowest BCUT2D eigenvalue weighted by atomic mass is 10.1. The van der Waals surface area contributed by atoms with Crippen LogP contribution in [0.5, 0.6) is 0 Å². The molecule has 5 nitrogen and oxygen atoms in total. The summed E-state index contributed by atoms with van der Waals surface area (Å²) < 4.78 is 0. The fourth-order valence-corrected chi connectivity index (χ4v) is 1.32. The first kappa shape index (κ1) is 8.43. The lowest BCUT2D eigenvalue weighted by Gasteiger charge is -1.97. The van der Waals surface area contributed by atoms with E-state index in [2.05, 4.69) is 15.3 Å². The van der Waals surface area contributed by atoms with Crippen molar-refractivity contribution in [3.8, 4) is 0 Å². The molecule has 0 atom stereocenters. The Morgan fingerprint density at radius 1 is 1.36 bits per heavy atom. The third kappa shape index (κ3) is 1.35. The Hall–Kier alpha value is -2.17. The number of hydrogen-bond donors (Lipinski definition) is 3. The van der Waals surface area contributed by atoms with Gasteiger partial charge >= 0.3 is 0 Å². The van der Waals surface area contributed by atoms with Crippen LogP contribution in [0, 0.1) is 5.53 Å². The van der Waals surface area contributed by atoms with Crippen LogP contribution in [0.25, 0.3) is 10.9 Å². The minimum Gasteiger partial charge on any atom is -0.382 e. The molecular weight excluding hydrogens is 178 g/mol. The SMILES string of the molecule is N=NN=C(N)c1ccc2[nH]ccc2c1. The van der Waals surface area contributed by atoms with E-state index < -0.39 is 0 Å². The van der Waals surface area contributed by atoms with E-state index >= 15 is 0 Å². The molecule has 0 saturated carbocycles. The summed E-state index contributed by atoms with van der Waals surface area (Å²) in [4.78, 5) is 3.08. The van der Waals surface area contributed by atoms with E-state index in [1.54, 1.807) is 0 Å². The molecule has 0 aliphatic heterocycles. The molecule has 2 rings (SSSR count). The molecule has 0 radical (unpaired) electrons. The van der Waals surface area contributed by atoms with Gasteiger partial charge in [0.05, 0.1) is 0 Å². The maximum absolute atomic E-state index is 6.57. The number of amidine groups is 1. The molecule has 0 aliphatic carbocycles. The van der Waals surface area contributed by atoms with Crippen molar-refractivity contribution < 1.29 is 0 Å². The smallest absolute Gasteiger partial charge is 0.155 e. The third-order valence-electron chi connectivity index (χ3n) is 2.01. The fraction of sp³-hybridized carbons (Fsp3) is 0. The Labute approximate surface area is 80.1 Å². The van der Waals surface area contributed by atoms with Crippen molar-refractivity contribution in [2.75, 3.05) is 0 Å². The van der Waals surface area contributed by atoms with E-state index in [1.165, 1.54) is 0 Å². The molecule has 5 heteroatoms. The Balaban J connectivity index is 2.53. The second-order valence-corrected chi connectivity index (χ2v) is 2.86. The molecule has 0 spiro atoms. The van der Waals surface area contributed by atoms with Gasteiger partial charge < -0.3 is 10.7 Å². The van der Waals surface area contributed by atoms with E-state index in [-0.39, 0.29) is 5.84 Å². The summed E-state index contributed by atoms with van der Waals surface area (Å²) in [5.41, 5.74) is 14.0. The second-order valence-electron chi connectivity index (χ2n) is 2.86. The van der Waals surface area contributed by atoms with E-state index in [0.717, 1.165) is 16.5 Å². The Morgan fingerprint density at radius 3 is 3.00 bits per heavy atom. The molecule has 0 unspecified atom stereocenters. The fourth-order valence-electron chi connectivity index (χ4n) is 1.32. The van der Waals surface area contributed by atoms with Gasteiger partial charge in [-0.2, -0.15) is 5.53 Å². The van der Waals surface area contributed by atoms with Gasteiger partial charge in [0.15, 0.2) is 5.84 Å². The summed E-state index contributed by atoms with van der Waals surface area (Å²) in [6.07, 6.45) is 1.86. The van der Waals surface area contributed by atoms with Gasteiger partial charge in [-0.05, 0) is 24.3 Å². The average molecular weight is 187 g/mol. The van der Waals surface area contributed by atoms with E-state index in [0.29, 0.717) is 0 Å². The van der Waals surface area contributed by atoms with Gasteiger partial charge in [-0.3, -0.25) is 0 Å². The largest absolute Gasteiger partial charge is 0.382 e. The number of fused-ring (bicyclic) bond motifs is 1. The number of aromatic nitrogens is 1. The number of aromatic amines is 1. The molecule has 0 amide bonds. The van der Waals surface area contributed by atoms with Crippen molar-refractivity contribution in [3.05, 3.63) is 36.0 Å². The first-order valence-electron chi connectivity index (χ1n) is 4.08. The predicted octanol–water partition coefficient (Wildman–Crippen LogP) is 1.82. The molecule has 0 fully saturated rings. The summed E-state index contributed by atoms with van der Waals surface area (Å²) in [6.45, 7) is 0. The van der Waals surface area contributed by atoms with Crippen molar-refractivity contribution in [2.45, 2.75) is 0 Å². The summed E-state index contributed by atoms with van der Waals surface area (Å²) in [6, 6.07) is 7.60. The van der Waals surface area contributed by atoms with Gasteiger partial charge in [-0.1, -0.05) is 5.22 Å². The Kier molecular flexibility index (Phi) is 1.98. The number of H-pyrrole nitrogens is 1. The molecule has 14 heavy (non-hydrogen) atoms. The maximum Gasteiger partial charge on any atom is 0.155 e. The first-order valence-corrected chi connectivity index (χ1v) is 4.08. The van der Waals surface area contributed by atoms with Crippen LogP contribution in [0.2, 0.25) is 0 Å². The standard InChI is InChI=1S/C9H9N5/c10-9(13-14-11)7-1-2-8-6(5-7)3-4-12-8/h1-5,12H,(H3,10,11,13). The van der Waals surface area contributed by atoms with Crippen molar-refractivity contribution in [3.63, 3.8) is 0 Å². The van der Waals surface area contributed by atoms with Crippen molar-refractivity contribution in [1.82, 2.24) is 4.98 Å². The van der Waals surface area contributed by atoms with Crippen LogP contribution in [0.4, 0.5) is 0 Å². The van der Waals surface area contributed by atoms with Crippen LogP contribution < -0.4 is 5.73 Å². The van der Waals surface area contributed by atoms with Crippen LogP contribution in [-0.2, 0) is 0 Å². The highest BCUT2D eigenvalue weighted by atomic mass is 15.3. The van der Waals surface area contributed by atoms with Crippen molar-refractivity contribution in [1.29, 1.82) is 5.53 Å². The molecule has 1 aromatic carbocycles. The zero-order valence-electron chi connectivity index (χ0n) is 7.36. The van der Waals surface area contributed by atoms with Gasteiger partial charge in [0, 0.05) is 22.7 Å². The number of nitrogens with one attached hydrogen (secondary N) is 2. The predicted molar refractivity (Wildman–Crippen MR) is 54.2 cm³/mol. The van der Waals surface area contributed by atoms with Gasteiger partial charge in [0.2, 0.25) is 0 Å². The van der Waals surface area contributed by atoms with Crippen LogP contribution in [-0.4, -0.2) is 10.8 Å². The zero-order chi connectivity index (χ0) is 9.97. The highest BCUT2D eigenvalue weighted by Gasteiger charge is 2.00. The minimum absolute atomic E-state index is 0.253. The highest BCUT2D eigenvalue weighted by molar-refractivity contribution is 6.00. The minimum atomic E-state index is 0.253. The maximum atomic E-state index is 6.57. The van der Waals surface area contributed by atoms with Gasteiger partial charge in [0.25, 0.3) is 0 Å². The van der Waals surface area contributed by atoms with E-state index in [9.17, 15) is 0 Å². The van der Waals surface area contributed by atoms with E-state index in [4.69, 9.17) is 11.3 Å². The molecule has 4 N–H and O–H groups in total. The normalized spacial score (nSPS) is 11.9. The van der Waals surface area contributed by atoms with Gasteiger partial charge in [0.1, 0.15) is 0 Å². The average Bonchev–Trinajstić information content (AvgIpc) is 2.64. The number of nitrogens with two attached hydrogens (primary N) is 1. The topological polar surface area (TPSA) is 90.4 Å².